The van der Waals surface area contributed by atoms with E-state index >= 15 is 0 Å². The third kappa shape index (κ3) is 3.38. The van der Waals surface area contributed by atoms with E-state index in [9.17, 15) is 23.1 Å². The van der Waals surface area contributed by atoms with Gasteiger partial charge in [0.25, 0.3) is 0 Å². The maximum absolute atomic E-state index is 13.1. The quantitative estimate of drug-likeness (QED) is 0.751. The SMILES string of the molecule is Cc1ccc(C)c(S(=O)(=O)N2CCN(C(=O)[C@@H]3[C@@H](C(=O)O)[C@H]4C=C[C@H]3C4)CC2)c1. The topological polar surface area (TPSA) is 95.0 Å². The molecule has 3 aliphatic rings. The number of nitrogens with zero attached hydrogens (tertiary/aromatic N) is 2. The second kappa shape index (κ2) is 7.25. The van der Waals surface area contributed by atoms with Gasteiger partial charge in [0, 0.05) is 26.2 Å². The van der Waals surface area contributed by atoms with Crippen LogP contribution in [0.5, 0.6) is 0 Å². The predicted molar refractivity (Wildman–Crippen MR) is 107 cm³/mol. The number of fused-ring (bicyclic) bond motifs is 2. The van der Waals surface area contributed by atoms with Gasteiger partial charge in [0.2, 0.25) is 15.9 Å². The molecule has 0 aromatic heterocycles. The van der Waals surface area contributed by atoms with Crippen molar-refractivity contribution in [2.75, 3.05) is 26.2 Å². The Morgan fingerprint density at radius 3 is 2.24 bits per heavy atom. The van der Waals surface area contributed by atoms with E-state index in [-0.39, 0.29) is 43.9 Å². The van der Waals surface area contributed by atoms with Gasteiger partial charge in [-0.05, 0) is 49.3 Å². The minimum atomic E-state index is -3.63. The molecule has 8 heteroatoms. The molecular weight excluding hydrogens is 392 g/mol. The van der Waals surface area contributed by atoms with Gasteiger partial charge in [0.05, 0.1) is 16.7 Å². The van der Waals surface area contributed by atoms with Gasteiger partial charge in [-0.25, -0.2) is 8.42 Å². The molecule has 2 bridgehead atoms. The molecule has 1 heterocycles. The molecule has 29 heavy (non-hydrogen) atoms. The number of benzene rings is 1. The number of sulfonamides is 1. The van der Waals surface area contributed by atoms with Crippen LogP contribution in [-0.2, 0) is 19.6 Å². The summed E-state index contributed by atoms with van der Waals surface area (Å²) in [6.07, 6.45) is 4.60. The van der Waals surface area contributed by atoms with Crippen LogP contribution in [0, 0.1) is 37.5 Å². The van der Waals surface area contributed by atoms with Gasteiger partial charge in [0.15, 0.2) is 0 Å². The molecule has 7 nitrogen and oxygen atoms in total. The van der Waals surface area contributed by atoms with E-state index in [1.54, 1.807) is 24.0 Å². The second-order valence-corrected chi connectivity index (χ2v) is 10.2. The number of piperazine rings is 1. The zero-order chi connectivity index (χ0) is 20.9. The molecule has 0 radical (unpaired) electrons. The van der Waals surface area contributed by atoms with E-state index in [0.29, 0.717) is 16.9 Å². The molecule has 1 saturated heterocycles. The molecule has 2 aliphatic carbocycles. The first kappa shape index (κ1) is 20.1. The zero-order valence-corrected chi connectivity index (χ0v) is 17.4. The Morgan fingerprint density at radius 2 is 1.62 bits per heavy atom. The van der Waals surface area contributed by atoms with Gasteiger partial charge in [0.1, 0.15) is 0 Å². The zero-order valence-electron chi connectivity index (χ0n) is 16.6. The minimum absolute atomic E-state index is 0.0229. The standard InChI is InChI=1S/C21H26N2O5S/c1-13-3-4-14(2)17(11-13)29(27,28)23-9-7-22(8-10-23)20(24)18-15-5-6-16(12-15)19(18)21(25)26/h3-6,11,15-16,18-19H,7-10,12H2,1-2H3,(H,25,26)/t15-,16-,18-,19-/m0/s1. The summed E-state index contributed by atoms with van der Waals surface area (Å²) in [4.78, 5) is 26.7. The van der Waals surface area contributed by atoms with Gasteiger partial charge in [-0.3, -0.25) is 9.59 Å². The number of carbonyl (C=O) groups excluding carboxylic acids is 1. The third-order valence-corrected chi connectivity index (χ3v) is 8.58. The monoisotopic (exact) mass is 418 g/mol. The predicted octanol–water partition coefficient (Wildman–Crippen LogP) is 1.66. The highest BCUT2D eigenvalue weighted by Crippen LogP contribution is 2.48. The molecule has 1 aliphatic heterocycles. The van der Waals surface area contributed by atoms with Crippen molar-refractivity contribution in [2.24, 2.45) is 23.7 Å². The second-order valence-electron chi connectivity index (χ2n) is 8.34. The van der Waals surface area contributed by atoms with E-state index in [4.69, 9.17) is 0 Å². The molecule has 2 fully saturated rings. The molecule has 4 atom stereocenters. The number of allylic oxidation sites excluding steroid dienone is 2. The van der Waals surface area contributed by atoms with Gasteiger partial charge in [-0.15, -0.1) is 0 Å². The van der Waals surface area contributed by atoms with E-state index in [1.165, 1.54) is 4.31 Å². The summed E-state index contributed by atoms with van der Waals surface area (Å²) in [5.41, 5.74) is 1.58. The molecule has 1 aromatic carbocycles. The number of aliphatic carboxylic acids is 1. The summed E-state index contributed by atoms with van der Waals surface area (Å²) in [7, 11) is -3.63. The first-order chi connectivity index (χ1) is 13.7. The van der Waals surface area contributed by atoms with Crippen molar-refractivity contribution >= 4 is 21.9 Å². The Labute approximate surface area is 171 Å². The lowest BCUT2D eigenvalue weighted by Gasteiger charge is -2.37. The number of amides is 1. The van der Waals surface area contributed by atoms with Gasteiger partial charge in [-0.1, -0.05) is 24.3 Å². The van der Waals surface area contributed by atoms with Crippen LogP contribution >= 0.6 is 0 Å². The van der Waals surface area contributed by atoms with Gasteiger partial charge in [-0.2, -0.15) is 4.31 Å². The molecule has 4 rings (SSSR count). The molecule has 1 amide bonds. The summed E-state index contributed by atoms with van der Waals surface area (Å²) in [5, 5.41) is 9.58. The Kier molecular flexibility index (Phi) is 5.02. The number of carboxylic acids is 1. The molecule has 1 N–H and O–H groups in total. The minimum Gasteiger partial charge on any atom is -0.481 e. The first-order valence-electron chi connectivity index (χ1n) is 9.97. The fourth-order valence-corrected chi connectivity index (χ4v) is 6.71. The number of hydrogen-bond donors (Lipinski definition) is 1. The molecule has 0 spiro atoms. The summed E-state index contributed by atoms with van der Waals surface area (Å²) in [5.74, 6) is -2.38. The average Bonchev–Trinajstić information content (AvgIpc) is 3.31. The summed E-state index contributed by atoms with van der Waals surface area (Å²) < 4.78 is 27.6. The van der Waals surface area contributed by atoms with Gasteiger partial charge < -0.3 is 10.0 Å². The lowest BCUT2D eigenvalue weighted by Crippen LogP contribution is -2.53. The molecule has 1 saturated carbocycles. The lowest BCUT2D eigenvalue weighted by molar-refractivity contribution is -0.151. The van der Waals surface area contributed by atoms with Crippen LogP contribution in [-0.4, -0.2) is 60.8 Å². The summed E-state index contributed by atoms with van der Waals surface area (Å²) in [6.45, 7) is 4.64. The Bertz CT molecular complexity index is 979. The maximum atomic E-state index is 13.1. The molecule has 1 aromatic rings. The molecule has 156 valence electrons. The Morgan fingerprint density at radius 1 is 1.00 bits per heavy atom. The van der Waals surface area contributed by atoms with E-state index in [1.807, 2.05) is 25.1 Å². The van der Waals surface area contributed by atoms with E-state index in [2.05, 4.69) is 0 Å². The summed E-state index contributed by atoms with van der Waals surface area (Å²) in [6, 6.07) is 5.37. The van der Waals surface area contributed by atoms with Crippen molar-refractivity contribution in [1.29, 1.82) is 0 Å². The fraction of sp³-hybridized carbons (Fsp3) is 0.524. The normalized spacial score (nSPS) is 29.4. The number of rotatable bonds is 4. The van der Waals surface area contributed by atoms with Crippen LogP contribution < -0.4 is 0 Å². The van der Waals surface area contributed by atoms with E-state index < -0.39 is 27.8 Å². The van der Waals surface area contributed by atoms with Crippen molar-refractivity contribution in [2.45, 2.75) is 25.2 Å². The first-order valence-corrected chi connectivity index (χ1v) is 11.4. The highest BCUT2D eigenvalue weighted by atomic mass is 32.2. The lowest BCUT2D eigenvalue weighted by atomic mass is 9.82. The molecule has 0 unspecified atom stereocenters. The Balaban J connectivity index is 1.47. The van der Waals surface area contributed by atoms with Crippen molar-refractivity contribution in [1.82, 2.24) is 9.21 Å². The Hall–Kier alpha value is -2.19. The fourth-order valence-electron chi connectivity index (χ4n) is 4.98. The smallest absolute Gasteiger partial charge is 0.307 e. The highest BCUT2D eigenvalue weighted by molar-refractivity contribution is 7.89. The van der Waals surface area contributed by atoms with Crippen LogP contribution in [0.2, 0.25) is 0 Å². The van der Waals surface area contributed by atoms with Crippen molar-refractivity contribution < 1.29 is 23.1 Å². The van der Waals surface area contributed by atoms with Crippen LogP contribution in [0.25, 0.3) is 0 Å². The number of hydrogen-bond acceptors (Lipinski definition) is 4. The number of aryl methyl sites for hydroxylation is 2. The van der Waals surface area contributed by atoms with Crippen LogP contribution in [0.3, 0.4) is 0 Å². The largest absolute Gasteiger partial charge is 0.481 e. The molecular formula is C21H26N2O5S. The van der Waals surface area contributed by atoms with Crippen molar-refractivity contribution in [3.05, 3.63) is 41.5 Å². The number of carboxylic acid groups (broad SMARTS) is 1. The van der Waals surface area contributed by atoms with E-state index in [0.717, 1.165) is 5.56 Å². The number of carbonyl (C=O) groups is 2. The third-order valence-electron chi connectivity index (χ3n) is 6.54. The van der Waals surface area contributed by atoms with Crippen LogP contribution in [0.1, 0.15) is 17.5 Å². The van der Waals surface area contributed by atoms with Crippen molar-refractivity contribution in [3.8, 4) is 0 Å². The highest BCUT2D eigenvalue weighted by Gasteiger charge is 2.52. The maximum Gasteiger partial charge on any atom is 0.307 e. The average molecular weight is 419 g/mol. The van der Waals surface area contributed by atoms with Crippen LogP contribution in [0.15, 0.2) is 35.2 Å². The summed E-state index contributed by atoms with van der Waals surface area (Å²) >= 11 is 0. The van der Waals surface area contributed by atoms with Crippen molar-refractivity contribution in [3.63, 3.8) is 0 Å². The van der Waals surface area contributed by atoms with Crippen LogP contribution in [0.4, 0.5) is 0 Å². The van der Waals surface area contributed by atoms with Gasteiger partial charge >= 0.3 is 5.97 Å².